The first-order valence-corrected chi connectivity index (χ1v) is 8.69. The number of nitrogens with two attached hydrogens (primary N) is 1. The molecular weight excluding hydrogens is 290 g/mol. The van der Waals surface area contributed by atoms with Crippen molar-refractivity contribution < 1.29 is 13.2 Å². The molecule has 0 bridgehead atoms. The van der Waals surface area contributed by atoms with Gasteiger partial charge in [-0.1, -0.05) is 0 Å². The maximum atomic E-state index is 12.3. The fourth-order valence-electron chi connectivity index (χ4n) is 2.41. The summed E-state index contributed by atoms with van der Waals surface area (Å²) >= 11 is 0. The Morgan fingerprint density at radius 1 is 1.24 bits per heavy atom. The molecule has 1 saturated heterocycles. The summed E-state index contributed by atoms with van der Waals surface area (Å²) in [5.74, 6) is 0.192. The van der Waals surface area contributed by atoms with Crippen LogP contribution in [0.2, 0.25) is 0 Å². The van der Waals surface area contributed by atoms with Gasteiger partial charge in [-0.05, 0) is 24.6 Å². The molecule has 2 N–H and O–H groups in total. The summed E-state index contributed by atoms with van der Waals surface area (Å²) in [5.41, 5.74) is 7.66. The normalized spacial score (nSPS) is 18.1. The second kappa shape index (κ2) is 5.93. The van der Waals surface area contributed by atoms with Gasteiger partial charge in [0.05, 0.1) is 22.8 Å². The molecule has 0 saturated carbocycles. The smallest absolute Gasteiger partial charge is 0.255 e. The zero-order chi connectivity index (χ0) is 15.6. The monoisotopic (exact) mass is 311 g/mol. The van der Waals surface area contributed by atoms with Gasteiger partial charge in [0, 0.05) is 32.9 Å². The van der Waals surface area contributed by atoms with Crippen LogP contribution in [0.1, 0.15) is 16.8 Å². The van der Waals surface area contributed by atoms with E-state index in [1.807, 2.05) is 4.90 Å². The number of anilines is 2. The average molecular weight is 311 g/mol. The summed E-state index contributed by atoms with van der Waals surface area (Å²) in [7, 11) is 0.392. The van der Waals surface area contributed by atoms with E-state index in [4.69, 9.17) is 5.73 Å². The van der Waals surface area contributed by atoms with Crippen molar-refractivity contribution in [3.05, 3.63) is 23.8 Å². The number of nitrogen functional groups attached to an aromatic ring is 1. The number of carbonyl (C=O) groups is 1. The van der Waals surface area contributed by atoms with Crippen LogP contribution >= 0.6 is 0 Å². The van der Waals surface area contributed by atoms with Gasteiger partial charge < -0.3 is 15.5 Å². The highest BCUT2D eigenvalue weighted by atomic mass is 32.2. The van der Waals surface area contributed by atoms with Crippen LogP contribution < -0.4 is 10.6 Å². The molecule has 1 fully saturated rings. The number of hydrogen-bond donors (Lipinski definition) is 1. The third-order valence-electron chi connectivity index (χ3n) is 3.55. The zero-order valence-electron chi connectivity index (χ0n) is 12.4. The van der Waals surface area contributed by atoms with Crippen molar-refractivity contribution in [3.63, 3.8) is 0 Å². The summed E-state index contributed by atoms with van der Waals surface area (Å²) in [6.45, 7) is 0.996. The number of hydrogen-bond acceptors (Lipinski definition) is 5. The highest BCUT2D eigenvalue weighted by molar-refractivity contribution is 7.91. The van der Waals surface area contributed by atoms with Gasteiger partial charge in [0.1, 0.15) is 0 Å². The van der Waals surface area contributed by atoms with Gasteiger partial charge in [0.2, 0.25) is 0 Å². The minimum atomic E-state index is -2.99. The lowest BCUT2D eigenvalue weighted by Gasteiger charge is -2.26. The van der Waals surface area contributed by atoms with Crippen molar-refractivity contribution in [2.24, 2.45) is 0 Å². The molecule has 1 aromatic carbocycles. The molecule has 21 heavy (non-hydrogen) atoms. The molecule has 2 rings (SSSR count). The molecule has 0 aliphatic carbocycles. The van der Waals surface area contributed by atoms with Crippen LogP contribution in [0.3, 0.4) is 0 Å². The fraction of sp³-hybridized carbons (Fsp3) is 0.500. The lowest BCUT2D eigenvalue weighted by molar-refractivity contribution is 0.0828. The highest BCUT2D eigenvalue weighted by Crippen LogP contribution is 2.26. The molecule has 0 aromatic heterocycles. The predicted octanol–water partition coefficient (Wildman–Crippen LogP) is 0.595. The van der Waals surface area contributed by atoms with Gasteiger partial charge >= 0.3 is 0 Å². The topological polar surface area (TPSA) is 83.7 Å². The van der Waals surface area contributed by atoms with Gasteiger partial charge in [-0.2, -0.15) is 0 Å². The van der Waals surface area contributed by atoms with Gasteiger partial charge in [-0.15, -0.1) is 0 Å². The van der Waals surface area contributed by atoms with E-state index in [1.165, 1.54) is 4.90 Å². The van der Waals surface area contributed by atoms with Crippen LogP contribution in [-0.2, 0) is 9.84 Å². The molecule has 1 aliphatic heterocycles. The summed E-state index contributed by atoms with van der Waals surface area (Å²) in [4.78, 5) is 15.7. The van der Waals surface area contributed by atoms with Crippen LogP contribution in [0.15, 0.2) is 18.2 Å². The lowest BCUT2D eigenvalue weighted by atomic mass is 10.1. The van der Waals surface area contributed by atoms with Gasteiger partial charge in [-0.25, -0.2) is 8.42 Å². The van der Waals surface area contributed by atoms with Crippen molar-refractivity contribution >= 4 is 27.1 Å². The molecule has 7 heteroatoms. The van der Waals surface area contributed by atoms with Crippen LogP contribution in [0, 0.1) is 0 Å². The van der Waals surface area contributed by atoms with E-state index in [-0.39, 0.29) is 17.4 Å². The highest BCUT2D eigenvalue weighted by Gasteiger charge is 2.23. The zero-order valence-corrected chi connectivity index (χ0v) is 13.2. The second-order valence-electron chi connectivity index (χ2n) is 5.47. The first kappa shape index (κ1) is 15.6. The Morgan fingerprint density at radius 3 is 2.62 bits per heavy atom. The van der Waals surface area contributed by atoms with Crippen molar-refractivity contribution in [1.29, 1.82) is 0 Å². The minimum Gasteiger partial charge on any atom is -0.399 e. The molecule has 0 atom stereocenters. The molecule has 1 heterocycles. The van der Waals surface area contributed by atoms with E-state index < -0.39 is 9.84 Å². The molecule has 0 unspecified atom stereocenters. The van der Waals surface area contributed by atoms with Crippen molar-refractivity contribution in [2.75, 3.05) is 49.3 Å². The van der Waals surface area contributed by atoms with Crippen LogP contribution in [0.5, 0.6) is 0 Å². The average Bonchev–Trinajstić information content (AvgIpc) is 2.58. The summed E-state index contributed by atoms with van der Waals surface area (Å²) in [5, 5.41) is 0. The Bertz CT molecular complexity index is 641. The van der Waals surface area contributed by atoms with E-state index >= 15 is 0 Å². The molecule has 6 nitrogen and oxygen atoms in total. The largest absolute Gasteiger partial charge is 0.399 e. The molecule has 1 amide bonds. The molecule has 1 aliphatic rings. The molecular formula is C14H21N3O3S. The quantitative estimate of drug-likeness (QED) is 0.808. The maximum absolute atomic E-state index is 12.3. The van der Waals surface area contributed by atoms with E-state index in [1.54, 1.807) is 32.3 Å². The number of nitrogens with zero attached hydrogens (tertiary/aromatic N) is 2. The molecule has 116 valence electrons. The summed E-state index contributed by atoms with van der Waals surface area (Å²) < 4.78 is 23.4. The third kappa shape index (κ3) is 3.66. The van der Waals surface area contributed by atoms with Gasteiger partial charge in [0.25, 0.3) is 5.91 Å². The Balaban J connectivity index is 2.38. The van der Waals surface area contributed by atoms with Crippen molar-refractivity contribution in [1.82, 2.24) is 4.90 Å². The predicted molar refractivity (Wildman–Crippen MR) is 84.4 cm³/mol. The van der Waals surface area contributed by atoms with Crippen LogP contribution in [0.25, 0.3) is 0 Å². The van der Waals surface area contributed by atoms with Crippen LogP contribution in [-0.4, -0.2) is 57.9 Å². The number of benzene rings is 1. The van der Waals surface area contributed by atoms with E-state index in [9.17, 15) is 13.2 Å². The first-order valence-electron chi connectivity index (χ1n) is 6.87. The number of sulfone groups is 1. The number of carbonyl (C=O) groups excluding carboxylic acids is 1. The van der Waals surface area contributed by atoms with Gasteiger partial charge in [-0.3, -0.25) is 4.79 Å². The fourth-order valence-corrected chi connectivity index (χ4v) is 3.68. The van der Waals surface area contributed by atoms with Crippen LogP contribution in [0.4, 0.5) is 11.4 Å². The standard InChI is InChI=1S/C14H21N3O3S/c1-16(2)14(18)12-5-4-11(15)10-13(12)17-6-3-8-21(19,20)9-7-17/h4-5,10H,3,6-9,15H2,1-2H3. The summed E-state index contributed by atoms with van der Waals surface area (Å²) in [6, 6.07) is 5.13. The number of amides is 1. The van der Waals surface area contributed by atoms with Crippen molar-refractivity contribution in [2.45, 2.75) is 6.42 Å². The molecule has 1 aromatic rings. The summed E-state index contributed by atoms with van der Waals surface area (Å²) in [6.07, 6.45) is 0.562. The van der Waals surface area contributed by atoms with E-state index in [0.29, 0.717) is 36.4 Å². The Labute approximate surface area is 125 Å². The number of rotatable bonds is 2. The second-order valence-corrected chi connectivity index (χ2v) is 7.77. The van der Waals surface area contributed by atoms with E-state index in [2.05, 4.69) is 0 Å². The Kier molecular flexibility index (Phi) is 4.41. The first-order chi connectivity index (χ1) is 9.80. The lowest BCUT2D eigenvalue weighted by Crippen LogP contribution is -2.30. The minimum absolute atomic E-state index is 0.109. The van der Waals surface area contributed by atoms with Gasteiger partial charge in [0.15, 0.2) is 9.84 Å². The maximum Gasteiger partial charge on any atom is 0.255 e. The Hall–Kier alpha value is -1.76. The molecule has 0 spiro atoms. The Morgan fingerprint density at radius 2 is 1.95 bits per heavy atom. The van der Waals surface area contributed by atoms with E-state index in [0.717, 1.165) is 0 Å². The third-order valence-corrected chi connectivity index (χ3v) is 5.27. The SMILES string of the molecule is CN(C)C(=O)c1ccc(N)cc1N1CCCS(=O)(=O)CC1. The molecule has 0 radical (unpaired) electrons. The van der Waals surface area contributed by atoms with Crippen molar-refractivity contribution in [3.8, 4) is 0 Å².